The highest BCUT2D eigenvalue weighted by Gasteiger charge is 2.38. The van der Waals surface area contributed by atoms with E-state index in [-0.39, 0.29) is 17.8 Å². The van der Waals surface area contributed by atoms with Crippen LogP contribution in [0.15, 0.2) is 24.3 Å². The number of likely N-dealkylation sites (tertiary alicyclic amines) is 1. The number of carbonyl (C=O) groups excluding carboxylic acids is 1. The van der Waals surface area contributed by atoms with Crippen LogP contribution in [0.1, 0.15) is 6.42 Å². The van der Waals surface area contributed by atoms with Crippen molar-refractivity contribution >= 4 is 11.6 Å². The largest absolute Gasteiger partial charge is 0.374 e. The number of morpholine rings is 1. The number of likely N-dealkylation sites (N-methyl/N-ethyl adjacent to an activating group) is 1. The van der Waals surface area contributed by atoms with Gasteiger partial charge >= 0.3 is 0 Å². The smallest absolute Gasteiger partial charge is 0.223 e. The first-order valence-corrected chi connectivity index (χ1v) is 9.92. The van der Waals surface area contributed by atoms with Crippen LogP contribution in [0.5, 0.6) is 0 Å². The number of benzene rings is 1. The molecular weight excluding hydrogens is 347 g/mol. The highest BCUT2D eigenvalue weighted by molar-refractivity contribution is 5.76. The molecule has 0 N–H and O–H groups in total. The van der Waals surface area contributed by atoms with Gasteiger partial charge in [0.2, 0.25) is 5.91 Å². The van der Waals surface area contributed by atoms with Crippen molar-refractivity contribution in [2.75, 3.05) is 70.9 Å². The van der Waals surface area contributed by atoms with E-state index in [1.165, 1.54) is 12.1 Å². The molecule has 1 amide bonds. The van der Waals surface area contributed by atoms with Gasteiger partial charge in [0.1, 0.15) is 5.82 Å². The number of ether oxygens (including phenoxy) is 1. The molecular formula is C20H29FN4O2. The molecule has 0 aliphatic carbocycles. The Kier molecular flexibility index (Phi) is 5.61. The lowest BCUT2D eigenvalue weighted by Crippen LogP contribution is -2.49. The molecule has 3 aliphatic rings. The summed E-state index contributed by atoms with van der Waals surface area (Å²) in [4.78, 5) is 21.5. The monoisotopic (exact) mass is 376 g/mol. The first-order chi connectivity index (χ1) is 13.1. The number of piperazine rings is 1. The maximum atomic E-state index is 13.1. The van der Waals surface area contributed by atoms with E-state index in [1.54, 1.807) is 12.1 Å². The predicted octanol–water partition coefficient (Wildman–Crippen LogP) is 0.879. The van der Waals surface area contributed by atoms with Gasteiger partial charge in [0, 0.05) is 70.5 Å². The van der Waals surface area contributed by atoms with E-state index in [0.717, 1.165) is 64.7 Å². The molecule has 3 heterocycles. The minimum absolute atomic E-state index is 0.217. The summed E-state index contributed by atoms with van der Waals surface area (Å²) in [5.41, 5.74) is 1.02. The summed E-state index contributed by atoms with van der Waals surface area (Å²) in [5.74, 6) is 0.0174. The van der Waals surface area contributed by atoms with Gasteiger partial charge in [-0.05, 0) is 31.3 Å². The van der Waals surface area contributed by atoms with Gasteiger partial charge in [-0.15, -0.1) is 0 Å². The SMILES string of the molecule is CN1CCO[C@@H]2CN(CCC(=O)N3CCN(c4ccc(F)cc4)CC3)C[C@@H]21. The Morgan fingerprint density at radius 1 is 1.11 bits per heavy atom. The standard InChI is InChI=1S/C20H29FN4O2/c1-22-12-13-27-19-15-23(14-18(19)22)7-6-20(26)25-10-8-24(9-11-25)17-4-2-16(21)3-5-17/h2-5,18-19H,6-15H2,1H3/t18-,19+/m0/s1. The average molecular weight is 376 g/mol. The van der Waals surface area contributed by atoms with Gasteiger partial charge in [-0.1, -0.05) is 0 Å². The van der Waals surface area contributed by atoms with E-state index in [1.807, 2.05) is 4.90 Å². The summed E-state index contributed by atoms with van der Waals surface area (Å²) < 4.78 is 18.9. The molecule has 6 nitrogen and oxygen atoms in total. The Balaban J connectivity index is 1.21. The van der Waals surface area contributed by atoms with Gasteiger partial charge in [-0.3, -0.25) is 14.6 Å². The zero-order valence-corrected chi connectivity index (χ0v) is 16.0. The number of halogens is 1. The minimum atomic E-state index is -0.217. The van der Waals surface area contributed by atoms with Crippen LogP contribution in [0.4, 0.5) is 10.1 Å². The van der Waals surface area contributed by atoms with Crippen LogP contribution >= 0.6 is 0 Å². The first-order valence-electron chi connectivity index (χ1n) is 9.92. The van der Waals surface area contributed by atoms with Gasteiger partial charge in [0.15, 0.2) is 0 Å². The molecule has 4 rings (SSSR count). The quantitative estimate of drug-likeness (QED) is 0.780. The first kappa shape index (κ1) is 18.7. The molecule has 3 aliphatic heterocycles. The second kappa shape index (κ2) is 8.12. The van der Waals surface area contributed by atoms with Crippen molar-refractivity contribution in [3.8, 4) is 0 Å². The van der Waals surface area contributed by atoms with Crippen LogP contribution in [-0.2, 0) is 9.53 Å². The van der Waals surface area contributed by atoms with Gasteiger partial charge < -0.3 is 14.5 Å². The molecule has 1 aromatic carbocycles. The second-order valence-electron chi connectivity index (χ2n) is 7.81. The normalized spacial score (nSPS) is 27.0. The molecule has 1 aromatic rings. The number of amides is 1. The summed E-state index contributed by atoms with van der Waals surface area (Å²) in [7, 11) is 2.16. The number of hydrogen-bond acceptors (Lipinski definition) is 5. The molecule has 7 heteroatoms. The molecule has 3 saturated heterocycles. The zero-order valence-electron chi connectivity index (χ0n) is 16.0. The Hall–Kier alpha value is -1.70. The lowest BCUT2D eigenvalue weighted by Gasteiger charge is -2.36. The second-order valence-corrected chi connectivity index (χ2v) is 7.81. The minimum Gasteiger partial charge on any atom is -0.374 e. The number of hydrogen-bond donors (Lipinski definition) is 0. The third-order valence-electron chi connectivity index (χ3n) is 6.12. The van der Waals surface area contributed by atoms with Gasteiger partial charge in [-0.2, -0.15) is 0 Å². The van der Waals surface area contributed by atoms with Crippen LogP contribution in [-0.4, -0.2) is 98.8 Å². The molecule has 0 aromatic heterocycles. The van der Waals surface area contributed by atoms with Crippen LogP contribution < -0.4 is 4.90 Å². The maximum absolute atomic E-state index is 13.1. The van der Waals surface area contributed by atoms with Gasteiger partial charge in [0.05, 0.1) is 12.7 Å². The highest BCUT2D eigenvalue weighted by Crippen LogP contribution is 2.22. The highest BCUT2D eigenvalue weighted by atomic mass is 19.1. The Morgan fingerprint density at radius 3 is 2.56 bits per heavy atom. The Labute approximate surface area is 160 Å². The number of fused-ring (bicyclic) bond motifs is 1. The fraction of sp³-hybridized carbons (Fsp3) is 0.650. The van der Waals surface area contributed by atoms with Crippen LogP contribution in [0.25, 0.3) is 0 Å². The van der Waals surface area contributed by atoms with Crippen LogP contribution in [0, 0.1) is 5.82 Å². The predicted molar refractivity (Wildman–Crippen MR) is 102 cm³/mol. The number of carbonyl (C=O) groups is 1. The molecule has 27 heavy (non-hydrogen) atoms. The zero-order chi connectivity index (χ0) is 18.8. The van der Waals surface area contributed by atoms with Gasteiger partial charge in [0.25, 0.3) is 0 Å². The van der Waals surface area contributed by atoms with E-state index in [2.05, 4.69) is 21.7 Å². The van der Waals surface area contributed by atoms with Crippen molar-refractivity contribution in [3.63, 3.8) is 0 Å². The van der Waals surface area contributed by atoms with Gasteiger partial charge in [-0.25, -0.2) is 4.39 Å². The summed E-state index contributed by atoms with van der Waals surface area (Å²) >= 11 is 0. The number of rotatable bonds is 4. The Bertz CT molecular complexity index is 648. The van der Waals surface area contributed by atoms with E-state index in [4.69, 9.17) is 4.74 Å². The number of nitrogens with zero attached hydrogens (tertiary/aromatic N) is 4. The van der Waals surface area contributed by atoms with Crippen molar-refractivity contribution in [1.29, 1.82) is 0 Å². The van der Waals surface area contributed by atoms with Crippen molar-refractivity contribution in [3.05, 3.63) is 30.1 Å². The van der Waals surface area contributed by atoms with Crippen molar-refractivity contribution in [1.82, 2.24) is 14.7 Å². The fourth-order valence-electron chi connectivity index (χ4n) is 4.39. The molecule has 3 fully saturated rings. The maximum Gasteiger partial charge on any atom is 0.223 e. The molecule has 2 atom stereocenters. The van der Waals surface area contributed by atoms with E-state index < -0.39 is 0 Å². The lowest BCUT2D eigenvalue weighted by atomic mass is 10.1. The molecule has 0 unspecified atom stereocenters. The summed E-state index contributed by atoms with van der Waals surface area (Å²) in [6, 6.07) is 7.05. The molecule has 0 saturated carbocycles. The summed E-state index contributed by atoms with van der Waals surface area (Å²) in [5, 5.41) is 0. The van der Waals surface area contributed by atoms with Crippen molar-refractivity contribution < 1.29 is 13.9 Å². The lowest BCUT2D eigenvalue weighted by molar-refractivity contribution is -0.131. The topological polar surface area (TPSA) is 39.3 Å². The molecule has 0 bridgehead atoms. The van der Waals surface area contributed by atoms with E-state index in [0.29, 0.717) is 12.5 Å². The third-order valence-corrected chi connectivity index (χ3v) is 6.12. The van der Waals surface area contributed by atoms with E-state index in [9.17, 15) is 9.18 Å². The molecule has 0 spiro atoms. The molecule has 148 valence electrons. The average Bonchev–Trinajstić information content (AvgIpc) is 3.11. The number of anilines is 1. The third kappa shape index (κ3) is 4.25. The van der Waals surface area contributed by atoms with Crippen molar-refractivity contribution in [2.24, 2.45) is 0 Å². The molecule has 0 radical (unpaired) electrons. The fourth-order valence-corrected chi connectivity index (χ4v) is 4.39. The van der Waals surface area contributed by atoms with E-state index >= 15 is 0 Å². The summed E-state index contributed by atoms with van der Waals surface area (Å²) in [6.07, 6.45) is 0.859. The Morgan fingerprint density at radius 2 is 1.85 bits per heavy atom. The van der Waals surface area contributed by atoms with Crippen LogP contribution in [0.3, 0.4) is 0 Å². The summed E-state index contributed by atoms with van der Waals surface area (Å²) in [6.45, 7) is 7.58. The van der Waals surface area contributed by atoms with Crippen molar-refractivity contribution in [2.45, 2.75) is 18.6 Å². The van der Waals surface area contributed by atoms with Crippen LogP contribution in [0.2, 0.25) is 0 Å².